The summed E-state index contributed by atoms with van der Waals surface area (Å²) in [4.78, 5) is 33.8. The summed E-state index contributed by atoms with van der Waals surface area (Å²) in [5, 5.41) is 11.7. The lowest BCUT2D eigenvalue weighted by molar-refractivity contribution is -0.140. The van der Waals surface area contributed by atoms with E-state index in [0.717, 1.165) is 5.46 Å². The molecule has 1 aromatic rings. The molecule has 0 atom stereocenters. The number of benzene rings is 1. The van der Waals surface area contributed by atoms with Crippen molar-refractivity contribution >= 4 is 36.8 Å². The maximum Gasteiger partial charge on any atom is 0.337 e. The third-order valence-corrected chi connectivity index (χ3v) is 2.94. The maximum atomic E-state index is 11.8. The predicted octanol–water partition coefficient (Wildman–Crippen LogP) is 0.315. The summed E-state index contributed by atoms with van der Waals surface area (Å²) in [6.45, 7) is 0. The zero-order chi connectivity index (χ0) is 15.8. The molecule has 6 nitrogen and oxygen atoms in total. The van der Waals surface area contributed by atoms with Crippen molar-refractivity contribution in [1.82, 2.24) is 0 Å². The molecule has 0 radical (unpaired) electrons. The van der Waals surface area contributed by atoms with Crippen LogP contribution in [0.5, 0.6) is 0 Å². The molecule has 0 aliphatic rings. The third kappa shape index (κ3) is 5.68. The SMILES string of the molecule is Bc1ccc(C(=O)O)c(NC(=O)CCCCC(=O)OC)c1. The van der Waals surface area contributed by atoms with Gasteiger partial charge in [-0.1, -0.05) is 11.5 Å². The summed E-state index contributed by atoms with van der Waals surface area (Å²) >= 11 is 0. The zero-order valence-electron chi connectivity index (χ0n) is 12.1. The maximum absolute atomic E-state index is 11.8. The fourth-order valence-electron chi connectivity index (χ4n) is 1.82. The van der Waals surface area contributed by atoms with E-state index in [1.807, 2.05) is 7.85 Å². The number of carboxylic acids is 1. The predicted molar refractivity (Wildman–Crippen MR) is 80.7 cm³/mol. The van der Waals surface area contributed by atoms with E-state index in [1.165, 1.54) is 13.2 Å². The Labute approximate surface area is 123 Å². The highest BCUT2D eigenvalue weighted by Gasteiger charge is 2.12. The van der Waals surface area contributed by atoms with Crippen LogP contribution in [-0.2, 0) is 14.3 Å². The van der Waals surface area contributed by atoms with E-state index in [4.69, 9.17) is 5.11 Å². The second-order valence-corrected chi connectivity index (χ2v) is 4.69. The molecule has 2 N–H and O–H groups in total. The van der Waals surface area contributed by atoms with Crippen molar-refractivity contribution in [1.29, 1.82) is 0 Å². The van der Waals surface area contributed by atoms with Crippen LogP contribution in [0.2, 0.25) is 0 Å². The number of carbonyl (C=O) groups excluding carboxylic acids is 2. The molecule has 21 heavy (non-hydrogen) atoms. The van der Waals surface area contributed by atoms with Gasteiger partial charge in [-0.2, -0.15) is 0 Å². The Hall–Kier alpha value is -2.31. The van der Waals surface area contributed by atoms with Gasteiger partial charge in [-0.15, -0.1) is 0 Å². The first-order valence-corrected chi connectivity index (χ1v) is 6.64. The molecule has 0 bridgehead atoms. The van der Waals surface area contributed by atoms with Gasteiger partial charge in [0.2, 0.25) is 5.91 Å². The monoisotopic (exact) mass is 291 g/mol. The van der Waals surface area contributed by atoms with Crippen molar-refractivity contribution in [2.75, 3.05) is 12.4 Å². The molecule has 0 unspecified atom stereocenters. The Morgan fingerprint density at radius 2 is 1.90 bits per heavy atom. The summed E-state index contributed by atoms with van der Waals surface area (Å²) in [7, 11) is 3.14. The number of unbranched alkanes of at least 4 members (excludes halogenated alkanes) is 1. The molecule has 0 aliphatic heterocycles. The molecule has 112 valence electrons. The first-order valence-electron chi connectivity index (χ1n) is 6.64. The molecule has 0 aromatic heterocycles. The number of methoxy groups -OCH3 is 1. The van der Waals surface area contributed by atoms with Crippen LogP contribution < -0.4 is 10.8 Å². The molecule has 1 aromatic carbocycles. The average Bonchev–Trinajstić information content (AvgIpc) is 2.43. The van der Waals surface area contributed by atoms with E-state index in [2.05, 4.69) is 10.1 Å². The number of anilines is 1. The largest absolute Gasteiger partial charge is 0.478 e. The Bertz CT molecular complexity index is 544. The summed E-state index contributed by atoms with van der Waals surface area (Å²) in [5.41, 5.74) is 1.21. The minimum absolute atomic E-state index is 0.0588. The van der Waals surface area contributed by atoms with E-state index in [0.29, 0.717) is 18.5 Å². The van der Waals surface area contributed by atoms with Gasteiger partial charge in [-0.25, -0.2) is 4.79 Å². The van der Waals surface area contributed by atoms with Gasteiger partial charge >= 0.3 is 11.9 Å². The number of hydrogen-bond donors (Lipinski definition) is 2. The Morgan fingerprint density at radius 3 is 2.52 bits per heavy atom. The molecule has 0 spiro atoms. The third-order valence-electron chi connectivity index (χ3n) is 2.94. The van der Waals surface area contributed by atoms with Crippen LogP contribution >= 0.6 is 0 Å². The first-order chi connectivity index (χ1) is 9.93. The van der Waals surface area contributed by atoms with Crippen LogP contribution in [0, 0.1) is 0 Å². The topological polar surface area (TPSA) is 92.7 Å². The Kier molecular flexibility index (Phi) is 6.45. The molecular formula is C14H18BNO5. The number of aromatic carboxylic acids is 1. The van der Waals surface area contributed by atoms with E-state index in [9.17, 15) is 14.4 Å². The highest BCUT2D eigenvalue weighted by Crippen LogP contribution is 2.14. The Morgan fingerprint density at radius 1 is 1.24 bits per heavy atom. The lowest BCUT2D eigenvalue weighted by Crippen LogP contribution is -2.17. The number of hydrogen-bond acceptors (Lipinski definition) is 4. The van der Waals surface area contributed by atoms with E-state index in [-0.39, 0.29) is 30.3 Å². The minimum Gasteiger partial charge on any atom is -0.478 e. The number of esters is 1. The van der Waals surface area contributed by atoms with Crippen molar-refractivity contribution < 1.29 is 24.2 Å². The van der Waals surface area contributed by atoms with Crippen LogP contribution in [0.4, 0.5) is 5.69 Å². The van der Waals surface area contributed by atoms with Crippen molar-refractivity contribution in [3.63, 3.8) is 0 Å². The van der Waals surface area contributed by atoms with E-state index >= 15 is 0 Å². The number of ether oxygens (including phenoxy) is 1. The number of nitrogens with one attached hydrogen (secondary N) is 1. The Balaban J connectivity index is 2.53. The van der Waals surface area contributed by atoms with Crippen LogP contribution in [0.25, 0.3) is 0 Å². The second kappa shape index (κ2) is 8.09. The smallest absolute Gasteiger partial charge is 0.337 e. The molecule has 0 saturated heterocycles. The lowest BCUT2D eigenvalue weighted by Gasteiger charge is -2.09. The van der Waals surface area contributed by atoms with Crippen LogP contribution in [0.3, 0.4) is 0 Å². The van der Waals surface area contributed by atoms with Gasteiger partial charge in [-0.3, -0.25) is 9.59 Å². The van der Waals surface area contributed by atoms with E-state index in [1.54, 1.807) is 12.1 Å². The molecule has 7 heteroatoms. The van der Waals surface area contributed by atoms with Gasteiger partial charge in [-0.05, 0) is 25.0 Å². The minimum atomic E-state index is -1.09. The quantitative estimate of drug-likeness (QED) is 0.428. The van der Waals surface area contributed by atoms with Crippen molar-refractivity contribution in [2.24, 2.45) is 0 Å². The van der Waals surface area contributed by atoms with Gasteiger partial charge in [0, 0.05) is 12.8 Å². The zero-order valence-corrected chi connectivity index (χ0v) is 12.1. The summed E-state index contributed by atoms with van der Waals surface area (Å²) < 4.78 is 4.50. The molecule has 1 amide bonds. The number of amides is 1. The van der Waals surface area contributed by atoms with Gasteiger partial charge < -0.3 is 15.2 Å². The summed E-state index contributed by atoms with van der Waals surface area (Å²) in [6.07, 6.45) is 1.59. The van der Waals surface area contributed by atoms with Gasteiger partial charge in [0.25, 0.3) is 0 Å². The second-order valence-electron chi connectivity index (χ2n) is 4.69. The van der Waals surface area contributed by atoms with Crippen molar-refractivity contribution in [2.45, 2.75) is 25.7 Å². The number of carbonyl (C=O) groups is 3. The highest BCUT2D eigenvalue weighted by molar-refractivity contribution is 6.33. The normalized spacial score (nSPS) is 9.95. The van der Waals surface area contributed by atoms with Crippen LogP contribution in [0.1, 0.15) is 36.0 Å². The standard InChI is InChI=1S/C14H18BNO5/c1-21-13(18)5-3-2-4-12(17)16-11-8-9(15)6-7-10(11)14(19)20/h6-8H,2-5,15H2,1H3,(H,16,17)(H,19,20). The first kappa shape index (κ1) is 16.7. The molecule has 0 aliphatic carbocycles. The van der Waals surface area contributed by atoms with E-state index < -0.39 is 5.97 Å². The molecule has 0 heterocycles. The molecular weight excluding hydrogens is 273 g/mol. The van der Waals surface area contributed by atoms with Crippen LogP contribution in [0.15, 0.2) is 18.2 Å². The van der Waals surface area contributed by atoms with Crippen molar-refractivity contribution in [3.05, 3.63) is 23.8 Å². The molecule has 1 rings (SSSR count). The number of carboxylic acid groups (broad SMARTS) is 1. The highest BCUT2D eigenvalue weighted by atomic mass is 16.5. The van der Waals surface area contributed by atoms with Crippen LogP contribution in [-0.4, -0.2) is 37.9 Å². The van der Waals surface area contributed by atoms with Crippen molar-refractivity contribution in [3.8, 4) is 0 Å². The average molecular weight is 291 g/mol. The summed E-state index contributed by atoms with van der Waals surface area (Å²) in [6, 6.07) is 4.76. The fraction of sp³-hybridized carbons (Fsp3) is 0.357. The van der Waals surface area contributed by atoms with Gasteiger partial charge in [0.15, 0.2) is 0 Å². The lowest BCUT2D eigenvalue weighted by atomic mass is 9.94. The van der Waals surface area contributed by atoms with Gasteiger partial charge in [0.05, 0.1) is 18.4 Å². The fourth-order valence-corrected chi connectivity index (χ4v) is 1.82. The van der Waals surface area contributed by atoms with Gasteiger partial charge in [0.1, 0.15) is 7.85 Å². The molecule has 0 saturated carbocycles. The number of rotatable bonds is 7. The summed E-state index contributed by atoms with van der Waals surface area (Å²) in [5.74, 6) is -1.66. The molecule has 0 fully saturated rings.